The zero-order valence-corrected chi connectivity index (χ0v) is 23.3. The van der Waals surface area contributed by atoms with Crippen LogP contribution < -0.4 is 15.0 Å². The maximum absolute atomic E-state index is 15.5. The number of pyridine rings is 1. The van der Waals surface area contributed by atoms with Crippen molar-refractivity contribution in [3.63, 3.8) is 0 Å². The zero-order chi connectivity index (χ0) is 29.4. The summed E-state index contributed by atoms with van der Waals surface area (Å²) in [6, 6.07) is 10.8. The Kier molecular flexibility index (Phi) is 7.31. The number of hydrogen-bond acceptors (Lipinski definition) is 8. The third kappa shape index (κ3) is 5.67. The predicted octanol–water partition coefficient (Wildman–Crippen LogP) is 4.90. The molecule has 2 aliphatic heterocycles. The molecule has 0 spiro atoms. The number of allylic oxidation sites excluding steroid dienone is 1. The molecule has 9 nitrogen and oxygen atoms in total. The summed E-state index contributed by atoms with van der Waals surface area (Å²) in [6.07, 6.45) is 4.15. The van der Waals surface area contributed by atoms with Crippen LogP contribution in [-0.2, 0) is 0 Å². The molecular formula is C30H30F3N7O2. The average Bonchev–Trinajstić information content (AvgIpc) is 3.07. The van der Waals surface area contributed by atoms with Crippen molar-refractivity contribution in [1.29, 1.82) is 0 Å². The molecule has 218 valence electrons. The largest absolute Gasteiger partial charge is 0.435 e. The van der Waals surface area contributed by atoms with Crippen LogP contribution in [0.5, 0.6) is 5.88 Å². The molecule has 4 heterocycles. The van der Waals surface area contributed by atoms with E-state index in [-0.39, 0.29) is 28.6 Å². The minimum atomic E-state index is -2.98. The number of fused-ring (bicyclic) bond motifs is 2. The summed E-state index contributed by atoms with van der Waals surface area (Å²) in [5.74, 6) is -4.80. The number of piperazine rings is 1. The molecule has 0 radical (unpaired) electrons. The number of carbonyl (C=O) groups excluding carboxylic acids is 1. The summed E-state index contributed by atoms with van der Waals surface area (Å²) in [4.78, 5) is 31.9. The highest BCUT2D eigenvalue weighted by molar-refractivity contribution is 6.02. The van der Waals surface area contributed by atoms with Gasteiger partial charge in [-0.25, -0.2) is 23.1 Å². The lowest BCUT2D eigenvalue weighted by atomic mass is 10.1. The van der Waals surface area contributed by atoms with Crippen LogP contribution in [0.3, 0.4) is 0 Å². The second-order valence-corrected chi connectivity index (χ2v) is 10.5. The van der Waals surface area contributed by atoms with Gasteiger partial charge in [-0.1, -0.05) is 6.92 Å². The summed E-state index contributed by atoms with van der Waals surface area (Å²) in [7, 11) is 0. The van der Waals surface area contributed by atoms with Gasteiger partial charge in [0.2, 0.25) is 5.88 Å². The second-order valence-electron chi connectivity index (χ2n) is 10.5. The Morgan fingerprint density at radius 1 is 1.05 bits per heavy atom. The number of halogens is 3. The Hall–Kier alpha value is -4.45. The number of carbonyl (C=O) groups is 1. The van der Waals surface area contributed by atoms with E-state index in [1.807, 2.05) is 24.3 Å². The lowest BCUT2D eigenvalue weighted by Crippen LogP contribution is -2.58. The molecule has 1 aromatic carbocycles. The van der Waals surface area contributed by atoms with Crippen LogP contribution in [0, 0.1) is 6.92 Å². The molecule has 0 atom stereocenters. The molecule has 0 saturated carbocycles. The maximum Gasteiger partial charge on any atom is 0.282 e. The Bertz CT molecular complexity index is 1560. The fraction of sp³-hybridized carbons (Fsp3) is 0.333. The molecule has 1 aliphatic carbocycles. The van der Waals surface area contributed by atoms with Gasteiger partial charge in [0, 0.05) is 48.8 Å². The van der Waals surface area contributed by atoms with Crippen molar-refractivity contribution in [2.24, 2.45) is 0 Å². The van der Waals surface area contributed by atoms with Crippen LogP contribution in [0.2, 0.25) is 0 Å². The van der Waals surface area contributed by atoms with Crippen molar-refractivity contribution in [1.82, 2.24) is 24.8 Å². The highest BCUT2D eigenvalue weighted by Crippen LogP contribution is 2.35. The van der Waals surface area contributed by atoms with Gasteiger partial charge >= 0.3 is 0 Å². The molecule has 1 N–H and O–H groups in total. The summed E-state index contributed by atoms with van der Waals surface area (Å²) in [5.41, 5.74) is 2.94. The highest BCUT2D eigenvalue weighted by Gasteiger charge is 2.47. The summed E-state index contributed by atoms with van der Waals surface area (Å²) in [6.45, 7) is 7.29. The SMILES string of the molecule is CCN1CCN(c2ccc(Nc3ncnc(OC4=C(F)c5cc(C)nc(c5)C=C4)c3C(=O)N3CC(F)(F)C3)cc2)CC1. The van der Waals surface area contributed by atoms with Crippen LogP contribution in [0.25, 0.3) is 11.9 Å². The van der Waals surface area contributed by atoms with Crippen LogP contribution in [0.1, 0.15) is 34.2 Å². The van der Waals surface area contributed by atoms with Crippen molar-refractivity contribution in [2.75, 3.05) is 56.0 Å². The number of likely N-dealkylation sites (tertiary alicyclic amines) is 1. The molecular weight excluding hydrogens is 547 g/mol. The smallest absolute Gasteiger partial charge is 0.282 e. The van der Waals surface area contributed by atoms with Crippen molar-refractivity contribution >= 4 is 35.0 Å². The van der Waals surface area contributed by atoms with Crippen molar-refractivity contribution in [3.05, 3.63) is 77.1 Å². The number of alkyl halides is 2. The zero-order valence-electron chi connectivity index (χ0n) is 23.3. The Balaban J connectivity index is 1.29. The first-order valence-electron chi connectivity index (χ1n) is 13.8. The Morgan fingerprint density at radius 3 is 2.48 bits per heavy atom. The number of ether oxygens (including phenoxy) is 1. The summed E-state index contributed by atoms with van der Waals surface area (Å²) < 4.78 is 48.7. The van der Waals surface area contributed by atoms with Gasteiger partial charge in [-0.15, -0.1) is 0 Å². The molecule has 2 saturated heterocycles. The number of anilines is 3. The fourth-order valence-electron chi connectivity index (χ4n) is 5.23. The number of hydrogen-bond donors (Lipinski definition) is 1. The quantitative estimate of drug-likeness (QED) is 0.425. The maximum atomic E-state index is 15.5. The van der Waals surface area contributed by atoms with Gasteiger partial charge in [0.25, 0.3) is 11.8 Å². The van der Waals surface area contributed by atoms with Gasteiger partial charge in [-0.2, -0.15) is 0 Å². The first kappa shape index (κ1) is 27.7. The molecule has 3 aliphatic rings. The summed E-state index contributed by atoms with van der Waals surface area (Å²) in [5, 5.41) is 3.11. The number of amides is 1. The molecule has 2 fully saturated rings. The van der Waals surface area contributed by atoms with Crippen LogP contribution in [-0.4, -0.2) is 82.4 Å². The van der Waals surface area contributed by atoms with Gasteiger partial charge < -0.3 is 24.8 Å². The van der Waals surface area contributed by atoms with Gasteiger partial charge in [-0.05, 0) is 62.0 Å². The van der Waals surface area contributed by atoms with E-state index in [2.05, 4.69) is 37.0 Å². The number of rotatable bonds is 7. The highest BCUT2D eigenvalue weighted by atomic mass is 19.3. The van der Waals surface area contributed by atoms with E-state index in [9.17, 15) is 13.6 Å². The van der Waals surface area contributed by atoms with E-state index >= 15 is 4.39 Å². The van der Waals surface area contributed by atoms with Crippen LogP contribution in [0.15, 0.2) is 54.6 Å². The third-order valence-corrected chi connectivity index (χ3v) is 7.53. The minimum absolute atomic E-state index is 0.0567. The molecule has 12 heteroatoms. The van der Waals surface area contributed by atoms with E-state index in [0.717, 1.165) is 43.3 Å². The van der Waals surface area contributed by atoms with Gasteiger partial charge in [0.15, 0.2) is 17.4 Å². The number of aryl methyl sites for hydroxylation is 1. The molecule has 2 bridgehead atoms. The van der Waals surface area contributed by atoms with Crippen LogP contribution in [0.4, 0.5) is 30.4 Å². The predicted molar refractivity (Wildman–Crippen MR) is 154 cm³/mol. The van der Waals surface area contributed by atoms with Gasteiger partial charge in [0.05, 0.1) is 18.8 Å². The third-order valence-electron chi connectivity index (χ3n) is 7.53. The van der Waals surface area contributed by atoms with Gasteiger partial charge in [-0.3, -0.25) is 9.78 Å². The minimum Gasteiger partial charge on any atom is -0.435 e. The normalized spacial score (nSPS) is 18.0. The van der Waals surface area contributed by atoms with E-state index in [4.69, 9.17) is 4.74 Å². The summed E-state index contributed by atoms with van der Waals surface area (Å²) >= 11 is 0. The van der Waals surface area contributed by atoms with Crippen molar-refractivity contribution in [2.45, 2.75) is 19.8 Å². The van der Waals surface area contributed by atoms with E-state index in [0.29, 0.717) is 17.1 Å². The fourth-order valence-corrected chi connectivity index (χ4v) is 5.23. The topological polar surface area (TPSA) is 86.7 Å². The molecule has 42 heavy (non-hydrogen) atoms. The molecule has 1 amide bonds. The Labute approximate surface area is 241 Å². The first-order valence-corrected chi connectivity index (χ1v) is 13.8. The number of likely N-dealkylation sites (N-methyl/N-ethyl adjacent to an activating group) is 1. The van der Waals surface area contributed by atoms with Gasteiger partial charge in [0.1, 0.15) is 11.9 Å². The Morgan fingerprint density at radius 2 is 1.79 bits per heavy atom. The molecule has 2 aromatic heterocycles. The van der Waals surface area contributed by atoms with Crippen molar-refractivity contribution < 1.29 is 22.7 Å². The monoisotopic (exact) mass is 577 g/mol. The lowest BCUT2D eigenvalue weighted by Gasteiger charge is -2.38. The number of benzene rings is 1. The van der Waals surface area contributed by atoms with Crippen molar-refractivity contribution in [3.8, 4) is 5.88 Å². The van der Waals surface area contributed by atoms with Crippen LogP contribution >= 0.6 is 0 Å². The van der Waals surface area contributed by atoms with E-state index in [1.165, 1.54) is 12.4 Å². The average molecular weight is 578 g/mol. The molecule has 0 unspecified atom stereocenters. The first-order chi connectivity index (χ1) is 20.2. The number of nitrogens with one attached hydrogen (secondary N) is 1. The van der Waals surface area contributed by atoms with E-state index in [1.54, 1.807) is 25.1 Å². The molecule has 3 aromatic rings. The number of aromatic nitrogens is 3. The number of nitrogens with zero attached hydrogens (tertiary/aromatic N) is 6. The van der Waals surface area contributed by atoms with E-state index < -0.39 is 30.7 Å². The lowest BCUT2D eigenvalue weighted by molar-refractivity contribution is -0.113. The molecule has 6 rings (SSSR count). The standard InChI is InChI=1S/C30H30F3N7O2/c1-3-38-10-12-39(13-11-38)23-7-4-21(5-8-23)37-27-25(29(41)40-16-30(32,33)17-40)28(35-18-34-27)42-24-9-6-22-15-20(26(24)31)14-19(2)36-22/h4-9,14-15,18H,3,10-13,16-17H2,1-2H3,(H,34,35,37). The second kappa shape index (κ2) is 11.1.